The molecule has 1 aromatic heterocycles. The molecule has 1 saturated carbocycles. The van der Waals surface area contributed by atoms with Gasteiger partial charge < -0.3 is 5.32 Å². The highest BCUT2D eigenvalue weighted by molar-refractivity contribution is 7.92. The van der Waals surface area contributed by atoms with Gasteiger partial charge in [0.1, 0.15) is 5.82 Å². The summed E-state index contributed by atoms with van der Waals surface area (Å²) in [4.78, 5) is 16.2. The summed E-state index contributed by atoms with van der Waals surface area (Å²) in [5.41, 5.74) is -6.00. The Morgan fingerprint density at radius 1 is 0.854 bits per heavy atom. The minimum absolute atomic E-state index is 0.126. The summed E-state index contributed by atoms with van der Waals surface area (Å²) in [7, 11) is -3.51. The first kappa shape index (κ1) is 32.0. The number of carbonyl (C=O) groups excluding carboxylic acids is 1. The van der Waals surface area contributed by atoms with Gasteiger partial charge in [0.15, 0.2) is 9.84 Å². The van der Waals surface area contributed by atoms with E-state index in [1.807, 2.05) is 6.07 Å². The van der Waals surface area contributed by atoms with Crippen LogP contribution in [0.15, 0.2) is 84.0 Å². The smallest absolute Gasteiger partial charge is 0.353 e. The quantitative estimate of drug-likeness (QED) is 0.265. The molecule has 5 nitrogen and oxygen atoms in total. The Balaban J connectivity index is 0.000000250. The van der Waals surface area contributed by atoms with Crippen LogP contribution in [-0.4, -0.2) is 43.0 Å². The number of benzene rings is 2. The number of rotatable bonds is 6. The third kappa shape index (κ3) is 7.60. The molecule has 0 spiro atoms. The third-order valence-corrected chi connectivity index (χ3v) is 8.61. The number of nitrogens with one attached hydrogen (secondary N) is 1. The fourth-order valence-corrected chi connectivity index (χ4v) is 6.12. The van der Waals surface area contributed by atoms with Gasteiger partial charge in [-0.2, -0.15) is 26.3 Å². The summed E-state index contributed by atoms with van der Waals surface area (Å²) in [6.07, 6.45) is -7.13. The van der Waals surface area contributed by atoms with E-state index in [1.54, 1.807) is 18.5 Å². The minimum Gasteiger partial charge on any atom is -0.353 e. The summed E-state index contributed by atoms with van der Waals surface area (Å²) >= 11 is 0. The first-order valence-electron chi connectivity index (χ1n) is 12.1. The summed E-state index contributed by atoms with van der Waals surface area (Å²) in [6, 6.07) is 12.2. The highest BCUT2D eigenvalue weighted by Gasteiger charge is 2.73. The van der Waals surface area contributed by atoms with Crippen LogP contribution in [0.5, 0.6) is 0 Å². The largest absolute Gasteiger partial charge is 0.435 e. The molecule has 0 bridgehead atoms. The number of aromatic nitrogens is 1. The van der Waals surface area contributed by atoms with Crippen molar-refractivity contribution < 1.29 is 48.3 Å². The predicted octanol–water partition coefficient (Wildman–Crippen LogP) is 6.25. The monoisotopic (exact) mass is 608 g/mol. The third-order valence-electron chi connectivity index (χ3n) is 6.37. The molecule has 0 radical (unpaired) electrons. The van der Waals surface area contributed by atoms with E-state index in [0.29, 0.717) is 31.4 Å². The fourth-order valence-electron chi connectivity index (χ4n) is 4.29. The first-order valence-corrected chi connectivity index (χ1v) is 13.7. The number of sulfone groups is 1. The van der Waals surface area contributed by atoms with Crippen molar-refractivity contribution in [1.29, 1.82) is 0 Å². The zero-order chi connectivity index (χ0) is 30.5. The zero-order valence-corrected chi connectivity index (χ0v) is 21.9. The van der Waals surface area contributed by atoms with E-state index in [4.69, 9.17) is 0 Å². The highest BCUT2D eigenvalue weighted by atomic mass is 32.2. The normalized spacial score (nSPS) is 17.9. The molecule has 1 aliphatic carbocycles. The lowest BCUT2D eigenvalue weighted by atomic mass is 9.94. The Labute approximate surface area is 230 Å². The Hall–Kier alpha value is -3.55. The van der Waals surface area contributed by atoms with Gasteiger partial charge in [-0.25, -0.2) is 17.2 Å². The van der Waals surface area contributed by atoms with Crippen molar-refractivity contribution in [3.05, 3.63) is 96.1 Å². The summed E-state index contributed by atoms with van der Waals surface area (Å²) in [6.45, 7) is 0. The number of carbonyl (C=O) groups is 1. The van der Waals surface area contributed by atoms with E-state index in [-0.39, 0.29) is 23.3 Å². The second-order valence-corrected chi connectivity index (χ2v) is 11.5. The van der Waals surface area contributed by atoms with Crippen molar-refractivity contribution in [3.8, 4) is 0 Å². The molecule has 222 valence electrons. The summed E-state index contributed by atoms with van der Waals surface area (Å²) in [5.74, 6) is -0.608. The molecule has 1 N–H and O–H groups in total. The van der Waals surface area contributed by atoms with Crippen LogP contribution in [0.25, 0.3) is 0 Å². The SMILES string of the molecule is FC(F)(F)C(F)(c1ccccc1)C(F)(F)F.O=C(Cc1cccnc1)NC1CCC(S(=O)(=O)c2ccc(F)cc2)C1. The van der Waals surface area contributed by atoms with Gasteiger partial charge in [0.25, 0.3) is 0 Å². The Morgan fingerprint density at radius 3 is 2.00 bits per heavy atom. The average molecular weight is 609 g/mol. The van der Waals surface area contributed by atoms with Crippen molar-refractivity contribution in [2.45, 2.75) is 59.9 Å². The van der Waals surface area contributed by atoms with Gasteiger partial charge in [0.05, 0.1) is 16.6 Å². The molecule has 0 aliphatic heterocycles. The number of hydrogen-bond acceptors (Lipinski definition) is 4. The molecule has 2 unspecified atom stereocenters. The van der Waals surface area contributed by atoms with Crippen molar-refractivity contribution in [1.82, 2.24) is 10.3 Å². The van der Waals surface area contributed by atoms with Gasteiger partial charge >= 0.3 is 18.0 Å². The van der Waals surface area contributed by atoms with Crippen LogP contribution in [0, 0.1) is 5.82 Å². The molecule has 1 fully saturated rings. The average Bonchev–Trinajstić information content (AvgIpc) is 3.38. The molecule has 1 amide bonds. The molecule has 1 heterocycles. The number of alkyl halides is 7. The highest BCUT2D eigenvalue weighted by Crippen LogP contribution is 2.53. The fraction of sp³-hybridized carbons (Fsp3) is 0.333. The topological polar surface area (TPSA) is 76.1 Å². The van der Waals surface area contributed by atoms with Gasteiger partial charge in [-0.1, -0.05) is 36.4 Å². The van der Waals surface area contributed by atoms with Crippen molar-refractivity contribution in [2.24, 2.45) is 0 Å². The van der Waals surface area contributed by atoms with Crippen molar-refractivity contribution in [2.75, 3.05) is 0 Å². The van der Waals surface area contributed by atoms with Crippen LogP contribution in [-0.2, 0) is 26.7 Å². The lowest BCUT2D eigenvalue weighted by molar-refractivity contribution is -0.348. The molecular weight excluding hydrogens is 584 g/mol. The number of nitrogens with zero attached hydrogens (tertiary/aromatic N) is 1. The number of hydrogen-bond donors (Lipinski definition) is 1. The van der Waals surface area contributed by atoms with Crippen LogP contribution in [0.3, 0.4) is 0 Å². The van der Waals surface area contributed by atoms with E-state index < -0.39 is 44.5 Å². The molecule has 0 saturated heterocycles. The second kappa shape index (κ2) is 12.5. The van der Waals surface area contributed by atoms with E-state index >= 15 is 0 Å². The summed E-state index contributed by atoms with van der Waals surface area (Å²) in [5, 5.41) is 2.34. The molecule has 4 rings (SSSR count). The van der Waals surface area contributed by atoms with Crippen molar-refractivity contribution >= 4 is 15.7 Å². The number of pyridine rings is 1. The van der Waals surface area contributed by atoms with Crippen LogP contribution in [0.2, 0.25) is 0 Å². The maximum atomic E-state index is 13.3. The zero-order valence-electron chi connectivity index (χ0n) is 21.1. The molecule has 2 atom stereocenters. The minimum atomic E-state index is -6.05. The first-order chi connectivity index (χ1) is 19.1. The molecule has 1 aliphatic rings. The predicted molar refractivity (Wildman–Crippen MR) is 132 cm³/mol. The van der Waals surface area contributed by atoms with Gasteiger partial charge in [-0.15, -0.1) is 0 Å². The van der Waals surface area contributed by atoms with E-state index in [2.05, 4.69) is 10.3 Å². The van der Waals surface area contributed by atoms with Crippen LogP contribution >= 0.6 is 0 Å². The van der Waals surface area contributed by atoms with E-state index in [9.17, 15) is 48.3 Å². The van der Waals surface area contributed by atoms with Gasteiger partial charge in [-0.3, -0.25) is 9.78 Å². The Morgan fingerprint density at radius 2 is 1.46 bits per heavy atom. The molecular formula is C27H24F8N2O3S. The molecule has 2 aromatic carbocycles. The lowest BCUT2D eigenvalue weighted by Crippen LogP contribution is -2.50. The molecule has 14 heteroatoms. The van der Waals surface area contributed by atoms with Gasteiger partial charge in [0.2, 0.25) is 5.91 Å². The lowest BCUT2D eigenvalue weighted by Gasteiger charge is -2.30. The van der Waals surface area contributed by atoms with Crippen LogP contribution < -0.4 is 5.32 Å². The van der Waals surface area contributed by atoms with Gasteiger partial charge in [0, 0.05) is 24.0 Å². The van der Waals surface area contributed by atoms with E-state index in [0.717, 1.165) is 29.8 Å². The van der Waals surface area contributed by atoms with Crippen LogP contribution in [0.4, 0.5) is 35.1 Å². The van der Waals surface area contributed by atoms with Crippen molar-refractivity contribution in [3.63, 3.8) is 0 Å². The number of amides is 1. The number of halogens is 8. The Kier molecular flexibility index (Phi) is 9.77. The Bertz CT molecular complexity index is 1380. The molecule has 3 aromatic rings. The second-order valence-electron chi connectivity index (χ2n) is 9.26. The summed E-state index contributed by atoms with van der Waals surface area (Å²) < 4.78 is 125. The standard InChI is InChI=1S/C18H19FN2O3S.C9H5F7/c19-14-3-6-16(7-4-14)25(23,24)17-8-5-15(11-17)21-18(22)10-13-2-1-9-20-12-13;10-7(8(11,12)13,9(14,15)16)6-4-2-1-3-5-6/h1-4,6-7,9,12,15,17H,5,8,10-11H2,(H,21,22);1-5H. The maximum Gasteiger partial charge on any atom is 0.435 e. The molecule has 41 heavy (non-hydrogen) atoms. The van der Waals surface area contributed by atoms with Gasteiger partial charge in [-0.05, 0) is 55.2 Å². The maximum absolute atomic E-state index is 13.3. The van der Waals surface area contributed by atoms with Crippen LogP contribution in [0.1, 0.15) is 30.4 Å². The van der Waals surface area contributed by atoms with E-state index in [1.165, 1.54) is 18.2 Å².